The van der Waals surface area contributed by atoms with Gasteiger partial charge in [0.1, 0.15) is 5.69 Å². The van der Waals surface area contributed by atoms with E-state index in [0.717, 1.165) is 16.6 Å². The van der Waals surface area contributed by atoms with Crippen molar-refractivity contribution < 1.29 is 4.79 Å². The lowest BCUT2D eigenvalue weighted by Crippen LogP contribution is -2.17. The van der Waals surface area contributed by atoms with E-state index in [4.69, 9.17) is 5.73 Å². The van der Waals surface area contributed by atoms with Crippen LogP contribution in [0, 0.1) is 0 Å². The van der Waals surface area contributed by atoms with E-state index in [1.165, 1.54) is 4.68 Å². The van der Waals surface area contributed by atoms with Crippen LogP contribution in [0.2, 0.25) is 0 Å². The van der Waals surface area contributed by atoms with Crippen LogP contribution in [0.15, 0.2) is 24.4 Å². The number of hydrogen-bond donors (Lipinski definition) is 3. The SMILES string of the molecule is CCc1nn(C)c(C(=O)Nc2cccc3[nH]ncc23)c1N. The zero-order chi connectivity index (χ0) is 15.0. The summed E-state index contributed by atoms with van der Waals surface area (Å²) in [7, 11) is 1.71. The number of aromatic amines is 1. The third-order valence-electron chi connectivity index (χ3n) is 3.44. The summed E-state index contributed by atoms with van der Waals surface area (Å²) in [5, 5.41) is 14.8. The van der Waals surface area contributed by atoms with Gasteiger partial charge in [-0.15, -0.1) is 0 Å². The molecule has 3 aromatic rings. The number of nitrogens with two attached hydrogens (primary N) is 1. The number of hydrogen-bond acceptors (Lipinski definition) is 4. The van der Waals surface area contributed by atoms with Crippen LogP contribution in [0.4, 0.5) is 11.4 Å². The predicted molar refractivity (Wildman–Crippen MR) is 81.0 cm³/mol. The molecule has 2 aromatic heterocycles. The summed E-state index contributed by atoms with van der Waals surface area (Å²) < 4.78 is 1.51. The number of nitrogen functional groups attached to an aromatic ring is 1. The number of carbonyl (C=O) groups is 1. The smallest absolute Gasteiger partial charge is 0.276 e. The van der Waals surface area contributed by atoms with Gasteiger partial charge in [0.2, 0.25) is 0 Å². The number of aromatic nitrogens is 4. The van der Waals surface area contributed by atoms with E-state index >= 15 is 0 Å². The molecule has 0 aliphatic rings. The minimum Gasteiger partial charge on any atom is -0.395 e. The largest absolute Gasteiger partial charge is 0.395 e. The Bertz CT molecular complexity index is 816. The number of aryl methyl sites for hydroxylation is 2. The molecule has 0 bridgehead atoms. The quantitative estimate of drug-likeness (QED) is 0.681. The van der Waals surface area contributed by atoms with Crippen molar-refractivity contribution in [2.75, 3.05) is 11.1 Å². The molecule has 0 radical (unpaired) electrons. The van der Waals surface area contributed by atoms with Gasteiger partial charge in [-0.05, 0) is 18.6 Å². The lowest BCUT2D eigenvalue weighted by Gasteiger charge is -2.07. The molecule has 4 N–H and O–H groups in total. The maximum absolute atomic E-state index is 12.5. The van der Waals surface area contributed by atoms with E-state index in [-0.39, 0.29) is 5.91 Å². The van der Waals surface area contributed by atoms with Gasteiger partial charge in [-0.3, -0.25) is 14.6 Å². The first-order valence-corrected chi connectivity index (χ1v) is 6.66. The van der Waals surface area contributed by atoms with Gasteiger partial charge in [-0.1, -0.05) is 13.0 Å². The Balaban J connectivity index is 1.97. The molecule has 0 saturated heterocycles. The highest BCUT2D eigenvalue weighted by atomic mass is 16.2. The molecule has 0 aliphatic heterocycles. The number of carbonyl (C=O) groups excluding carboxylic acids is 1. The molecule has 0 spiro atoms. The first-order valence-electron chi connectivity index (χ1n) is 6.66. The van der Waals surface area contributed by atoms with Crippen LogP contribution in [0.3, 0.4) is 0 Å². The van der Waals surface area contributed by atoms with Gasteiger partial charge in [0.25, 0.3) is 5.91 Å². The summed E-state index contributed by atoms with van der Waals surface area (Å²) in [5.74, 6) is -0.282. The molecule has 1 aromatic carbocycles. The second kappa shape index (κ2) is 4.93. The summed E-state index contributed by atoms with van der Waals surface area (Å²) in [6, 6.07) is 5.56. The van der Waals surface area contributed by atoms with E-state index in [1.807, 2.05) is 25.1 Å². The van der Waals surface area contributed by atoms with E-state index < -0.39 is 0 Å². The first-order chi connectivity index (χ1) is 10.1. The number of nitrogens with zero attached hydrogens (tertiary/aromatic N) is 3. The first kappa shape index (κ1) is 13.2. The van der Waals surface area contributed by atoms with Crippen molar-refractivity contribution in [2.24, 2.45) is 7.05 Å². The van der Waals surface area contributed by atoms with Crippen LogP contribution < -0.4 is 11.1 Å². The molecule has 3 rings (SSSR count). The molecule has 7 heteroatoms. The van der Waals surface area contributed by atoms with Gasteiger partial charge < -0.3 is 11.1 Å². The molecular weight excluding hydrogens is 268 g/mol. The second-order valence-electron chi connectivity index (χ2n) is 4.78. The topological polar surface area (TPSA) is 102 Å². The molecule has 108 valence electrons. The van der Waals surface area contributed by atoms with Gasteiger partial charge in [0.15, 0.2) is 0 Å². The van der Waals surface area contributed by atoms with Crippen LogP contribution in [0.1, 0.15) is 23.1 Å². The Kier molecular flexibility index (Phi) is 3.09. The Morgan fingerprint density at radius 1 is 1.48 bits per heavy atom. The van der Waals surface area contributed by atoms with Gasteiger partial charge >= 0.3 is 0 Å². The monoisotopic (exact) mass is 284 g/mol. The maximum Gasteiger partial charge on any atom is 0.276 e. The van der Waals surface area contributed by atoms with Gasteiger partial charge in [0, 0.05) is 12.4 Å². The summed E-state index contributed by atoms with van der Waals surface area (Å²) >= 11 is 0. The van der Waals surface area contributed by atoms with E-state index in [2.05, 4.69) is 20.6 Å². The zero-order valence-electron chi connectivity index (χ0n) is 11.8. The van der Waals surface area contributed by atoms with Gasteiger partial charge in [-0.2, -0.15) is 10.2 Å². The molecule has 1 amide bonds. The van der Waals surface area contributed by atoms with E-state index in [1.54, 1.807) is 13.2 Å². The Morgan fingerprint density at radius 2 is 2.29 bits per heavy atom. The number of fused-ring (bicyclic) bond motifs is 1. The number of benzene rings is 1. The third-order valence-corrected chi connectivity index (χ3v) is 3.44. The second-order valence-corrected chi connectivity index (χ2v) is 4.78. The van der Waals surface area contributed by atoms with E-state index in [0.29, 0.717) is 23.5 Å². The van der Waals surface area contributed by atoms with Crippen LogP contribution >= 0.6 is 0 Å². The van der Waals surface area contributed by atoms with Crippen molar-refractivity contribution >= 4 is 28.2 Å². The van der Waals surface area contributed by atoms with Crippen molar-refractivity contribution in [3.63, 3.8) is 0 Å². The summed E-state index contributed by atoms with van der Waals surface area (Å²) in [6.45, 7) is 1.95. The summed E-state index contributed by atoms with van der Waals surface area (Å²) in [4.78, 5) is 12.5. The van der Waals surface area contributed by atoms with Crippen molar-refractivity contribution in [1.29, 1.82) is 0 Å². The average molecular weight is 284 g/mol. The van der Waals surface area contributed by atoms with E-state index in [9.17, 15) is 4.79 Å². The standard InChI is InChI=1S/C14H16N6O/c1-3-9-12(15)13(20(2)19-9)14(21)17-10-5-4-6-11-8(10)7-16-18-11/h4-7H,3,15H2,1-2H3,(H,16,18)(H,17,21). The highest BCUT2D eigenvalue weighted by molar-refractivity contribution is 6.10. The molecule has 0 saturated carbocycles. The van der Waals surface area contributed by atoms with Gasteiger partial charge in [0.05, 0.1) is 28.8 Å². The Labute approximate surface area is 121 Å². The fourth-order valence-electron chi connectivity index (χ4n) is 2.39. The lowest BCUT2D eigenvalue weighted by atomic mass is 10.2. The number of rotatable bonds is 3. The zero-order valence-corrected chi connectivity index (χ0v) is 11.8. The molecule has 0 aliphatic carbocycles. The maximum atomic E-state index is 12.5. The highest BCUT2D eigenvalue weighted by Gasteiger charge is 2.19. The molecule has 0 unspecified atom stereocenters. The molecule has 0 atom stereocenters. The fraction of sp³-hybridized carbons (Fsp3) is 0.214. The number of nitrogens with one attached hydrogen (secondary N) is 2. The molecular formula is C14H16N6O. The minimum absolute atomic E-state index is 0.282. The normalized spacial score (nSPS) is 11.0. The highest BCUT2D eigenvalue weighted by Crippen LogP contribution is 2.23. The Morgan fingerprint density at radius 3 is 3.00 bits per heavy atom. The average Bonchev–Trinajstić information content (AvgIpc) is 3.04. The van der Waals surface area contributed by atoms with Crippen LogP contribution in [-0.4, -0.2) is 25.9 Å². The molecule has 21 heavy (non-hydrogen) atoms. The minimum atomic E-state index is -0.282. The van der Waals surface area contributed by atoms with Crippen LogP contribution in [0.25, 0.3) is 10.9 Å². The van der Waals surface area contributed by atoms with Crippen LogP contribution in [0.5, 0.6) is 0 Å². The summed E-state index contributed by atoms with van der Waals surface area (Å²) in [6.07, 6.45) is 2.36. The van der Waals surface area contributed by atoms with Crippen molar-refractivity contribution in [3.8, 4) is 0 Å². The number of amides is 1. The molecule has 7 nitrogen and oxygen atoms in total. The Hall–Kier alpha value is -2.83. The van der Waals surface area contributed by atoms with Crippen LogP contribution in [-0.2, 0) is 13.5 Å². The van der Waals surface area contributed by atoms with Crippen molar-refractivity contribution in [1.82, 2.24) is 20.0 Å². The van der Waals surface area contributed by atoms with Crippen molar-refractivity contribution in [3.05, 3.63) is 35.8 Å². The number of H-pyrrole nitrogens is 1. The lowest BCUT2D eigenvalue weighted by molar-refractivity contribution is 0.101. The van der Waals surface area contributed by atoms with Crippen molar-refractivity contribution in [2.45, 2.75) is 13.3 Å². The number of anilines is 2. The fourth-order valence-corrected chi connectivity index (χ4v) is 2.39. The summed E-state index contributed by atoms with van der Waals surface area (Å²) in [5.41, 5.74) is 9.07. The molecule has 2 heterocycles. The predicted octanol–water partition coefficient (Wildman–Crippen LogP) is 1.69. The molecule has 0 fully saturated rings. The third kappa shape index (κ3) is 2.12. The van der Waals surface area contributed by atoms with Gasteiger partial charge in [-0.25, -0.2) is 0 Å².